The normalized spacial score (nSPS) is 11.2. The molecule has 0 aliphatic carbocycles. The minimum absolute atomic E-state index is 0.0567. The highest BCUT2D eigenvalue weighted by atomic mass is 32.2. The molecule has 0 bridgehead atoms. The van der Waals surface area contributed by atoms with Crippen molar-refractivity contribution in [2.45, 2.75) is 13.3 Å². The Kier molecular flexibility index (Phi) is 4.84. The van der Waals surface area contributed by atoms with Gasteiger partial charge in [-0.15, -0.1) is 0 Å². The van der Waals surface area contributed by atoms with Gasteiger partial charge in [-0.2, -0.15) is 0 Å². The van der Waals surface area contributed by atoms with Gasteiger partial charge in [0.15, 0.2) is 0 Å². The summed E-state index contributed by atoms with van der Waals surface area (Å²) in [4.78, 5) is 15.3. The fraction of sp³-hybridized carbons (Fsp3) is 0.833. The molecule has 0 spiro atoms. The molecule has 0 saturated heterocycles. The van der Waals surface area contributed by atoms with Gasteiger partial charge in [0.05, 0.1) is 12.4 Å². The predicted molar refractivity (Wildman–Crippen MR) is 44.1 cm³/mol. The largest absolute Gasteiger partial charge is 0.274 e. The van der Waals surface area contributed by atoms with Crippen LogP contribution in [0.2, 0.25) is 0 Å². The number of sulfone groups is 1. The molecule has 1 N–H and O–H groups in total. The SMILES string of the molecule is CCONC(=O)CCS(C)(=O)=O. The van der Waals surface area contributed by atoms with Crippen LogP contribution in [-0.2, 0) is 19.5 Å². The minimum atomic E-state index is -3.06. The van der Waals surface area contributed by atoms with Crippen molar-refractivity contribution < 1.29 is 18.0 Å². The highest BCUT2D eigenvalue weighted by Gasteiger charge is 2.06. The third-order valence-corrected chi connectivity index (χ3v) is 1.98. The van der Waals surface area contributed by atoms with Crippen LogP contribution in [0.1, 0.15) is 13.3 Å². The van der Waals surface area contributed by atoms with Crippen molar-refractivity contribution in [2.75, 3.05) is 18.6 Å². The second-order valence-electron chi connectivity index (χ2n) is 2.34. The standard InChI is InChI=1S/C6H13NO4S/c1-3-11-7-6(8)4-5-12(2,9)10/h3-5H2,1-2H3,(H,7,8). The number of rotatable bonds is 5. The van der Waals surface area contributed by atoms with Crippen LogP contribution in [0.5, 0.6) is 0 Å². The van der Waals surface area contributed by atoms with Gasteiger partial charge in [-0.25, -0.2) is 13.9 Å². The van der Waals surface area contributed by atoms with Crippen LogP contribution in [0, 0.1) is 0 Å². The molecule has 0 aliphatic heterocycles. The van der Waals surface area contributed by atoms with E-state index in [1.807, 2.05) is 0 Å². The van der Waals surface area contributed by atoms with Gasteiger partial charge in [0.1, 0.15) is 9.84 Å². The van der Waals surface area contributed by atoms with Gasteiger partial charge < -0.3 is 0 Å². The average molecular weight is 195 g/mol. The summed E-state index contributed by atoms with van der Waals surface area (Å²) < 4.78 is 21.2. The van der Waals surface area contributed by atoms with Crippen molar-refractivity contribution in [2.24, 2.45) is 0 Å². The fourth-order valence-electron chi connectivity index (χ4n) is 0.482. The highest BCUT2D eigenvalue weighted by Crippen LogP contribution is 1.88. The average Bonchev–Trinajstić information content (AvgIpc) is 1.95. The molecule has 0 fully saturated rings. The lowest BCUT2D eigenvalue weighted by molar-refractivity contribution is -0.132. The summed E-state index contributed by atoms with van der Waals surface area (Å²) in [5.41, 5.74) is 2.10. The molecule has 72 valence electrons. The number of amides is 1. The molecule has 0 aromatic rings. The first kappa shape index (κ1) is 11.4. The van der Waals surface area contributed by atoms with E-state index in [4.69, 9.17) is 0 Å². The van der Waals surface area contributed by atoms with E-state index < -0.39 is 15.7 Å². The van der Waals surface area contributed by atoms with Crippen LogP contribution in [0.25, 0.3) is 0 Å². The van der Waals surface area contributed by atoms with Crippen LogP contribution in [-0.4, -0.2) is 32.9 Å². The van der Waals surface area contributed by atoms with Crippen molar-refractivity contribution in [1.82, 2.24) is 5.48 Å². The fourth-order valence-corrected chi connectivity index (χ4v) is 1.04. The minimum Gasteiger partial charge on any atom is -0.274 e. The molecule has 0 aromatic carbocycles. The first-order valence-corrected chi connectivity index (χ1v) is 5.60. The lowest BCUT2D eigenvalue weighted by atomic mass is 10.5. The van der Waals surface area contributed by atoms with Gasteiger partial charge in [0, 0.05) is 12.7 Å². The summed E-state index contributed by atoms with van der Waals surface area (Å²) in [6.07, 6.45) is 1.03. The lowest BCUT2D eigenvalue weighted by Crippen LogP contribution is -2.25. The molecular formula is C6H13NO4S. The molecule has 0 atom stereocenters. The van der Waals surface area contributed by atoms with Gasteiger partial charge in [0.25, 0.3) is 0 Å². The van der Waals surface area contributed by atoms with Crippen LogP contribution < -0.4 is 5.48 Å². The lowest BCUT2D eigenvalue weighted by Gasteiger charge is -2.01. The van der Waals surface area contributed by atoms with Crippen LogP contribution in [0.15, 0.2) is 0 Å². The quantitative estimate of drug-likeness (QED) is 0.600. The molecule has 0 unspecified atom stereocenters. The monoisotopic (exact) mass is 195 g/mol. The Labute approximate surface area is 72.0 Å². The first-order chi connectivity index (χ1) is 5.45. The van der Waals surface area contributed by atoms with Gasteiger partial charge in [-0.05, 0) is 6.92 Å². The summed E-state index contributed by atoms with van der Waals surface area (Å²) in [6, 6.07) is 0. The van der Waals surface area contributed by atoms with Crippen molar-refractivity contribution in [1.29, 1.82) is 0 Å². The zero-order chi connectivity index (χ0) is 9.61. The topological polar surface area (TPSA) is 72.5 Å². The summed E-state index contributed by atoms with van der Waals surface area (Å²) in [5, 5.41) is 0. The summed E-state index contributed by atoms with van der Waals surface area (Å²) in [5.74, 6) is -0.561. The Morgan fingerprint density at radius 2 is 2.08 bits per heavy atom. The molecule has 0 aromatic heterocycles. The Balaban J connectivity index is 3.58. The van der Waals surface area contributed by atoms with E-state index in [1.165, 1.54) is 0 Å². The molecule has 0 aliphatic rings. The van der Waals surface area contributed by atoms with Crippen LogP contribution >= 0.6 is 0 Å². The summed E-state index contributed by atoms with van der Waals surface area (Å²) in [6.45, 7) is 2.08. The van der Waals surface area contributed by atoms with E-state index in [0.717, 1.165) is 6.26 Å². The summed E-state index contributed by atoms with van der Waals surface area (Å²) in [7, 11) is -3.06. The molecule has 6 heteroatoms. The predicted octanol–water partition coefficient (Wildman–Crippen LogP) is -0.511. The maximum Gasteiger partial charge on any atom is 0.244 e. The molecule has 0 radical (unpaired) electrons. The Hall–Kier alpha value is -0.620. The summed E-state index contributed by atoms with van der Waals surface area (Å²) >= 11 is 0. The van der Waals surface area contributed by atoms with Crippen molar-refractivity contribution in [3.05, 3.63) is 0 Å². The molecule has 5 nitrogen and oxygen atoms in total. The Morgan fingerprint density at radius 1 is 1.50 bits per heavy atom. The molecule has 0 saturated carbocycles. The Bertz CT molecular complexity index is 234. The van der Waals surface area contributed by atoms with Crippen LogP contribution in [0.3, 0.4) is 0 Å². The first-order valence-electron chi connectivity index (χ1n) is 3.54. The molecule has 0 heterocycles. The number of nitrogens with one attached hydrogen (secondary N) is 1. The van der Waals surface area contributed by atoms with Crippen molar-refractivity contribution in [3.63, 3.8) is 0 Å². The molecule has 12 heavy (non-hydrogen) atoms. The van der Waals surface area contributed by atoms with Gasteiger partial charge >= 0.3 is 0 Å². The smallest absolute Gasteiger partial charge is 0.244 e. The van der Waals surface area contributed by atoms with E-state index in [9.17, 15) is 13.2 Å². The zero-order valence-corrected chi connectivity index (χ0v) is 7.98. The number of hydrogen-bond donors (Lipinski definition) is 1. The Morgan fingerprint density at radius 3 is 2.50 bits per heavy atom. The van der Waals surface area contributed by atoms with E-state index >= 15 is 0 Å². The van der Waals surface area contributed by atoms with E-state index in [-0.39, 0.29) is 12.2 Å². The third kappa shape index (κ3) is 7.49. The van der Waals surface area contributed by atoms with Crippen molar-refractivity contribution in [3.8, 4) is 0 Å². The van der Waals surface area contributed by atoms with E-state index in [2.05, 4.69) is 10.3 Å². The van der Waals surface area contributed by atoms with Gasteiger partial charge in [0.2, 0.25) is 5.91 Å². The highest BCUT2D eigenvalue weighted by molar-refractivity contribution is 7.90. The van der Waals surface area contributed by atoms with Gasteiger partial charge in [-0.3, -0.25) is 9.63 Å². The van der Waals surface area contributed by atoms with Crippen LogP contribution in [0.4, 0.5) is 0 Å². The van der Waals surface area contributed by atoms with E-state index in [1.54, 1.807) is 6.92 Å². The molecular weight excluding hydrogens is 182 g/mol. The maximum atomic E-state index is 10.7. The number of hydrogen-bond acceptors (Lipinski definition) is 4. The number of hydroxylamine groups is 1. The second kappa shape index (κ2) is 5.10. The molecule has 1 amide bonds. The van der Waals surface area contributed by atoms with E-state index in [0.29, 0.717) is 6.61 Å². The molecule has 0 rings (SSSR count). The zero-order valence-electron chi connectivity index (χ0n) is 7.16. The maximum absolute atomic E-state index is 10.7. The van der Waals surface area contributed by atoms with Gasteiger partial charge in [-0.1, -0.05) is 0 Å². The number of carbonyl (C=O) groups excluding carboxylic acids is 1. The number of carbonyl (C=O) groups is 1. The third-order valence-electron chi connectivity index (χ3n) is 1.03. The van der Waals surface area contributed by atoms with Crippen molar-refractivity contribution >= 4 is 15.7 Å². The second-order valence-corrected chi connectivity index (χ2v) is 4.60.